The Hall–Kier alpha value is -1.36. The molecule has 0 radical (unpaired) electrons. The predicted octanol–water partition coefficient (Wildman–Crippen LogP) is 2.11. The van der Waals surface area contributed by atoms with Crippen LogP contribution in [0.4, 0.5) is 0 Å². The van der Waals surface area contributed by atoms with Gasteiger partial charge in [-0.3, -0.25) is 4.79 Å². The number of piperidine rings is 2. The molecule has 2 aliphatic heterocycles. The summed E-state index contributed by atoms with van der Waals surface area (Å²) < 4.78 is 5.32. The summed E-state index contributed by atoms with van der Waals surface area (Å²) >= 11 is 0. The number of likely N-dealkylation sites (tertiary alicyclic amines) is 2. The van der Waals surface area contributed by atoms with E-state index < -0.39 is 0 Å². The first kappa shape index (κ1) is 13.3. The molecule has 0 N–H and O–H groups in total. The molecule has 0 bridgehead atoms. The van der Waals surface area contributed by atoms with Crippen molar-refractivity contribution in [1.29, 1.82) is 0 Å². The summed E-state index contributed by atoms with van der Waals surface area (Å²) in [6.07, 6.45) is 5.91. The van der Waals surface area contributed by atoms with Gasteiger partial charge in [-0.15, -0.1) is 0 Å². The molecule has 3 heterocycles. The van der Waals surface area contributed by atoms with Gasteiger partial charge in [-0.05, 0) is 51.6 Å². The summed E-state index contributed by atoms with van der Waals surface area (Å²) in [5.74, 6) is 2.08. The molecule has 3 fully saturated rings. The summed E-state index contributed by atoms with van der Waals surface area (Å²) in [7, 11) is 2.22. The van der Waals surface area contributed by atoms with E-state index in [-0.39, 0.29) is 5.91 Å². The maximum Gasteiger partial charge on any atom is 0.276 e. The van der Waals surface area contributed by atoms with Gasteiger partial charge in [0.15, 0.2) is 5.69 Å². The van der Waals surface area contributed by atoms with Gasteiger partial charge in [0.05, 0.1) is 0 Å². The average molecular weight is 289 g/mol. The number of hydrogen-bond acceptors (Lipinski definition) is 4. The average Bonchev–Trinajstić information content (AvgIpc) is 3.24. The van der Waals surface area contributed by atoms with E-state index in [4.69, 9.17) is 4.52 Å². The minimum absolute atomic E-state index is 0.0531. The van der Waals surface area contributed by atoms with Crippen LogP contribution in [0.1, 0.15) is 54.3 Å². The highest BCUT2D eigenvalue weighted by atomic mass is 16.5. The highest BCUT2D eigenvalue weighted by Gasteiger charge is 2.37. The maximum atomic E-state index is 12.6. The Morgan fingerprint density at radius 1 is 1.29 bits per heavy atom. The van der Waals surface area contributed by atoms with E-state index in [0.717, 1.165) is 25.3 Å². The van der Waals surface area contributed by atoms with E-state index in [9.17, 15) is 4.79 Å². The van der Waals surface area contributed by atoms with E-state index in [1.165, 1.54) is 32.2 Å². The zero-order valence-corrected chi connectivity index (χ0v) is 12.6. The first-order valence-corrected chi connectivity index (χ1v) is 8.18. The van der Waals surface area contributed by atoms with Gasteiger partial charge in [-0.2, -0.15) is 0 Å². The zero-order chi connectivity index (χ0) is 14.4. The molecule has 0 aromatic carbocycles. The summed E-state index contributed by atoms with van der Waals surface area (Å²) in [6, 6.07) is 2.51. The molecule has 1 aromatic rings. The largest absolute Gasteiger partial charge is 0.360 e. The summed E-state index contributed by atoms with van der Waals surface area (Å²) in [5, 5.41) is 3.99. The molecular weight excluding hydrogens is 266 g/mol. The smallest absolute Gasteiger partial charge is 0.276 e. The summed E-state index contributed by atoms with van der Waals surface area (Å²) in [5.41, 5.74) is 0.500. The maximum absolute atomic E-state index is 12.6. The van der Waals surface area contributed by atoms with Gasteiger partial charge >= 0.3 is 0 Å². The lowest BCUT2D eigenvalue weighted by molar-refractivity contribution is 0.0311. The SMILES string of the molecule is CN1CCC[C@H]2CN(C(=O)c3cc(C4CC4)on3)CC[C@H]21. The van der Waals surface area contributed by atoms with Crippen molar-refractivity contribution in [3.63, 3.8) is 0 Å². The molecule has 1 aliphatic carbocycles. The molecule has 5 heteroatoms. The van der Waals surface area contributed by atoms with Crippen LogP contribution in [0.3, 0.4) is 0 Å². The van der Waals surface area contributed by atoms with Crippen molar-refractivity contribution in [2.24, 2.45) is 5.92 Å². The Bertz CT molecular complexity index is 537. The van der Waals surface area contributed by atoms with Crippen LogP contribution in [-0.2, 0) is 0 Å². The highest BCUT2D eigenvalue weighted by Crippen LogP contribution is 2.40. The number of rotatable bonds is 2. The molecule has 1 saturated carbocycles. The molecule has 2 saturated heterocycles. The lowest BCUT2D eigenvalue weighted by Crippen LogP contribution is -2.53. The molecule has 2 atom stereocenters. The number of aromatic nitrogens is 1. The van der Waals surface area contributed by atoms with Crippen LogP contribution in [0, 0.1) is 5.92 Å². The standard InChI is InChI=1S/C16H23N3O2/c1-18-7-2-3-12-10-19(8-6-14(12)18)16(20)13-9-15(21-17-13)11-4-5-11/h9,11-12,14H,2-8,10H2,1H3/t12-,14+/m0/s1. The lowest BCUT2D eigenvalue weighted by atomic mass is 9.84. The van der Waals surface area contributed by atoms with Crippen LogP contribution in [0.5, 0.6) is 0 Å². The topological polar surface area (TPSA) is 49.6 Å². The van der Waals surface area contributed by atoms with Crippen molar-refractivity contribution in [3.8, 4) is 0 Å². The van der Waals surface area contributed by atoms with E-state index in [0.29, 0.717) is 23.6 Å². The molecule has 0 unspecified atom stereocenters. The quantitative estimate of drug-likeness (QED) is 0.836. The Morgan fingerprint density at radius 2 is 2.14 bits per heavy atom. The zero-order valence-electron chi connectivity index (χ0n) is 12.6. The Labute approximate surface area is 125 Å². The van der Waals surface area contributed by atoms with Crippen LogP contribution in [0.2, 0.25) is 0 Å². The molecule has 3 aliphatic rings. The number of carbonyl (C=O) groups excluding carboxylic acids is 1. The van der Waals surface area contributed by atoms with Gasteiger partial charge in [0, 0.05) is 31.1 Å². The molecule has 0 spiro atoms. The first-order valence-electron chi connectivity index (χ1n) is 8.18. The molecule has 21 heavy (non-hydrogen) atoms. The van der Waals surface area contributed by atoms with Gasteiger partial charge in [-0.25, -0.2) is 0 Å². The van der Waals surface area contributed by atoms with Crippen LogP contribution >= 0.6 is 0 Å². The molecular formula is C16H23N3O2. The molecule has 1 amide bonds. The third-order valence-electron chi connectivity index (χ3n) is 5.36. The van der Waals surface area contributed by atoms with Crippen LogP contribution in [0.25, 0.3) is 0 Å². The van der Waals surface area contributed by atoms with Crippen LogP contribution < -0.4 is 0 Å². The minimum atomic E-state index is 0.0531. The fraction of sp³-hybridized carbons (Fsp3) is 0.750. The van der Waals surface area contributed by atoms with Crippen LogP contribution in [-0.4, -0.2) is 53.6 Å². The van der Waals surface area contributed by atoms with E-state index in [1.807, 2.05) is 11.0 Å². The van der Waals surface area contributed by atoms with Gasteiger partial charge < -0.3 is 14.3 Å². The fourth-order valence-electron chi connectivity index (χ4n) is 3.95. The van der Waals surface area contributed by atoms with Crippen molar-refractivity contribution in [3.05, 3.63) is 17.5 Å². The summed E-state index contributed by atoms with van der Waals surface area (Å²) in [4.78, 5) is 17.1. The van der Waals surface area contributed by atoms with Crippen molar-refractivity contribution < 1.29 is 9.32 Å². The van der Waals surface area contributed by atoms with Gasteiger partial charge in [0.25, 0.3) is 5.91 Å². The van der Waals surface area contributed by atoms with Gasteiger partial charge in [0.1, 0.15) is 5.76 Å². The van der Waals surface area contributed by atoms with E-state index in [1.54, 1.807) is 0 Å². The second-order valence-corrected chi connectivity index (χ2v) is 6.88. The Morgan fingerprint density at radius 3 is 2.95 bits per heavy atom. The third kappa shape index (κ3) is 2.48. The normalized spacial score (nSPS) is 30.2. The number of hydrogen-bond donors (Lipinski definition) is 0. The van der Waals surface area contributed by atoms with E-state index >= 15 is 0 Å². The highest BCUT2D eigenvalue weighted by molar-refractivity contribution is 5.92. The lowest BCUT2D eigenvalue weighted by Gasteiger charge is -2.45. The third-order valence-corrected chi connectivity index (χ3v) is 5.36. The second kappa shape index (κ2) is 5.13. The first-order chi connectivity index (χ1) is 10.2. The molecule has 4 rings (SSSR count). The Kier molecular flexibility index (Phi) is 3.25. The van der Waals surface area contributed by atoms with Crippen molar-refractivity contribution >= 4 is 5.91 Å². The summed E-state index contributed by atoms with van der Waals surface area (Å²) in [6.45, 7) is 2.92. The number of carbonyl (C=O) groups is 1. The van der Waals surface area contributed by atoms with Gasteiger partial charge in [-0.1, -0.05) is 5.16 Å². The monoisotopic (exact) mass is 289 g/mol. The second-order valence-electron chi connectivity index (χ2n) is 6.88. The number of nitrogens with zero attached hydrogens (tertiary/aromatic N) is 3. The predicted molar refractivity (Wildman–Crippen MR) is 78.1 cm³/mol. The molecule has 1 aromatic heterocycles. The molecule has 5 nitrogen and oxygen atoms in total. The van der Waals surface area contributed by atoms with Crippen LogP contribution in [0.15, 0.2) is 10.6 Å². The number of amides is 1. The van der Waals surface area contributed by atoms with Crippen molar-refractivity contribution in [1.82, 2.24) is 15.0 Å². The minimum Gasteiger partial charge on any atom is -0.360 e. The molecule has 114 valence electrons. The van der Waals surface area contributed by atoms with Gasteiger partial charge in [0.2, 0.25) is 0 Å². The number of fused-ring (bicyclic) bond motifs is 1. The Balaban J connectivity index is 1.44. The fourth-order valence-corrected chi connectivity index (χ4v) is 3.95. The van der Waals surface area contributed by atoms with Crippen molar-refractivity contribution in [2.75, 3.05) is 26.7 Å². The van der Waals surface area contributed by atoms with E-state index in [2.05, 4.69) is 17.1 Å². The van der Waals surface area contributed by atoms with Crippen molar-refractivity contribution in [2.45, 2.75) is 44.1 Å².